The highest BCUT2D eigenvalue weighted by molar-refractivity contribution is 8.00. The third-order valence-corrected chi connectivity index (χ3v) is 6.32. The second-order valence-corrected chi connectivity index (χ2v) is 9.39. The molecule has 0 aromatic rings. The van der Waals surface area contributed by atoms with E-state index in [-0.39, 0.29) is 0 Å². The van der Waals surface area contributed by atoms with Gasteiger partial charge in [-0.1, -0.05) is 13.8 Å². The molecular weight excluding hydrogens is 252 g/mol. The summed E-state index contributed by atoms with van der Waals surface area (Å²) in [5, 5.41) is 0. The van der Waals surface area contributed by atoms with Crippen molar-refractivity contribution >= 4 is 11.8 Å². The van der Waals surface area contributed by atoms with Crippen LogP contribution in [0.25, 0.3) is 0 Å². The molecule has 1 aliphatic heterocycles. The summed E-state index contributed by atoms with van der Waals surface area (Å²) in [7, 11) is 0. The molecule has 0 spiro atoms. The zero-order chi connectivity index (χ0) is 14.0. The molecule has 2 nitrogen and oxygen atoms in total. The SMILES string of the molecule is CC(C)C1CCC(N)C(CN2CCSC(C)(C)C2)C1. The topological polar surface area (TPSA) is 29.3 Å². The van der Waals surface area contributed by atoms with Gasteiger partial charge in [0.2, 0.25) is 0 Å². The zero-order valence-electron chi connectivity index (χ0n) is 13.2. The van der Waals surface area contributed by atoms with E-state index in [0.29, 0.717) is 10.8 Å². The Morgan fingerprint density at radius 1 is 1.32 bits per heavy atom. The molecule has 0 radical (unpaired) electrons. The predicted octanol–water partition coefficient (Wildman–Crippen LogP) is 3.21. The van der Waals surface area contributed by atoms with Crippen LogP contribution in [0, 0.1) is 17.8 Å². The van der Waals surface area contributed by atoms with E-state index in [4.69, 9.17) is 5.73 Å². The molecule has 2 aliphatic rings. The van der Waals surface area contributed by atoms with Crippen molar-refractivity contribution in [2.75, 3.05) is 25.4 Å². The Morgan fingerprint density at radius 2 is 2.05 bits per heavy atom. The number of rotatable bonds is 3. The molecule has 19 heavy (non-hydrogen) atoms. The summed E-state index contributed by atoms with van der Waals surface area (Å²) in [4.78, 5) is 2.67. The molecule has 0 bridgehead atoms. The molecule has 2 fully saturated rings. The molecule has 1 aliphatic carbocycles. The van der Waals surface area contributed by atoms with Gasteiger partial charge in [-0.25, -0.2) is 0 Å². The first-order chi connectivity index (χ1) is 8.87. The average molecular weight is 285 g/mol. The third kappa shape index (κ3) is 4.37. The number of nitrogens with two attached hydrogens (primary N) is 1. The molecule has 0 amide bonds. The molecular formula is C16H32N2S. The van der Waals surface area contributed by atoms with Crippen molar-refractivity contribution in [2.24, 2.45) is 23.5 Å². The zero-order valence-corrected chi connectivity index (χ0v) is 14.0. The van der Waals surface area contributed by atoms with Crippen LogP contribution < -0.4 is 5.73 Å². The predicted molar refractivity (Wildman–Crippen MR) is 86.6 cm³/mol. The lowest BCUT2D eigenvalue weighted by atomic mass is 9.73. The molecule has 3 heteroatoms. The minimum atomic E-state index is 0.425. The van der Waals surface area contributed by atoms with Crippen LogP contribution in [0.1, 0.15) is 47.0 Å². The van der Waals surface area contributed by atoms with Crippen molar-refractivity contribution in [1.29, 1.82) is 0 Å². The van der Waals surface area contributed by atoms with E-state index < -0.39 is 0 Å². The number of hydrogen-bond donors (Lipinski definition) is 1. The quantitative estimate of drug-likeness (QED) is 0.863. The summed E-state index contributed by atoms with van der Waals surface area (Å²) in [5.74, 6) is 3.73. The molecule has 3 atom stereocenters. The summed E-state index contributed by atoms with van der Waals surface area (Å²) in [6.07, 6.45) is 3.93. The van der Waals surface area contributed by atoms with Gasteiger partial charge in [0, 0.05) is 36.2 Å². The Bertz CT molecular complexity index is 290. The highest BCUT2D eigenvalue weighted by Crippen LogP contribution is 2.35. The maximum absolute atomic E-state index is 6.39. The molecule has 3 unspecified atom stereocenters. The van der Waals surface area contributed by atoms with E-state index >= 15 is 0 Å². The number of thioether (sulfide) groups is 1. The van der Waals surface area contributed by atoms with Gasteiger partial charge in [0.05, 0.1) is 0 Å². The summed E-state index contributed by atoms with van der Waals surface area (Å²) in [6, 6.07) is 0.438. The van der Waals surface area contributed by atoms with E-state index in [2.05, 4.69) is 44.4 Å². The Kier molecular flexibility index (Phi) is 5.24. The summed E-state index contributed by atoms with van der Waals surface area (Å²) in [5.41, 5.74) is 6.39. The maximum atomic E-state index is 6.39. The third-order valence-electron chi connectivity index (χ3n) is 5.02. The van der Waals surface area contributed by atoms with Crippen molar-refractivity contribution in [3.8, 4) is 0 Å². The minimum absolute atomic E-state index is 0.425. The van der Waals surface area contributed by atoms with Gasteiger partial charge in [-0.2, -0.15) is 11.8 Å². The van der Waals surface area contributed by atoms with Crippen molar-refractivity contribution in [3.63, 3.8) is 0 Å². The van der Waals surface area contributed by atoms with E-state index in [1.54, 1.807) is 0 Å². The fourth-order valence-corrected chi connectivity index (χ4v) is 4.92. The largest absolute Gasteiger partial charge is 0.327 e. The van der Waals surface area contributed by atoms with Gasteiger partial charge in [0.1, 0.15) is 0 Å². The minimum Gasteiger partial charge on any atom is -0.327 e. The van der Waals surface area contributed by atoms with Crippen LogP contribution in [0.5, 0.6) is 0 Å². The van der Waals surface area contributed by atoms with Gasteiger partial charge in [0.15, 0.2) is 0 Å². The van der Waals surface area contributed by atoms with Crippen molar-refractivity contribution in [2.45, 2.75) is 57.7 Å². The first-order valence-electron chi connectivity index (χ1n) is 7.99. The molecule has 112 valence electrons. The Labute approximate surface area is 123 Å². The van der Waals surface area contributed by atoms with Gasteiger partial charge < -0.3 is 10.6 Å². The van der Waals surface area contributed by atoms with Gasteiger partial charge >= 0.3 is 0 Å². The normalized spacial score (nSPS) is 36.6. The summed E-state index contributed by atoms with van der Waals surface area (Å²) in [6.45, 7) is 13.2. The van der Waals surface area contributed by atoms with Crippen LogP contribution in [0.4, 0.5) is 0 Å². The van der Waals surface area contributed by atoms with Crippen molar-refractivity contribution < 1.29 is 0 Å². The smallest absolute Gasteiger partial charge is 0.0231 e. The van der Waals surface area contributed by atoms with Crippen molar-refractivity contribution in [1.82, 2.24) is 4.90 Å². The van der Waals surface area contributed by atoms with Crippen LogP contribution in [0.15, 0.2) is 0 Å². The van der Waals surface area contributed by atoms with E-state index in [0.717, 1.165) is 17.8 Å². The first-order valence-corrected chi connectivity index (χ1v) is 8.98. The van der Waals surface area contributed by atoms with Crippen LogP contribution in [0.2, 0.25) is 0 Å². The molecule has 0 aromatic carbocycles. The van der Waals surface area contributed by atoms with Crippen LogP contribution in [-0.2, 0) is 0 Å². The van der Waals surface area contributed by atoms with Crippen molar-refractivity contribution in [3.05, 3.63) is 0 Å². The van der Waals surface area contributed by atoms with Crippen LogP contribution in [-0.4, -0.2) is 41.1 Å². The van der Waals surface area contributed by atoms with Crippen LogP contribution >= 0.6 is 11.8 Å². The molecule has 1 saturated heterocycles. The highest BCUT2D eigenvalue weighted by atomic mass is 32.2. The van der Waals surface area contributed by atoms with Gasteiger partial charge in [-0.15, -0.1) is 0 Å². The number of nitrogens with zero attached hydrogens (tertiary/aromatic N) is 1. The summed E-state index contributed by atoms with van der Waals surface area (Å²) < 4.78 is 0.425. The lowest BCUT2D eigenvalue weighted by molar-refractivity contribution is 0.133. The fraction of sp³-hybridized carbons (Fsp3) is 1.00. The lowest BCUT2D eigenvalue weighted by Gasteiger charge is -2.43. The molecule has 2 rings (SSSR count). The fourth-order valence-electron chi connectivity index (χ4n) is 3.74. The first kappa shape index (κ1) is 15.7. The standard InChI is InChI=1S/C16H32N2S/c1-12(2)13-5-6-15(17)14(9-13)10-18-7-8-19-16(3,4)11-18/h12-15H,5-11,17H2,1-4H3. The Balaban J connectivity index is 1.89. The molecule has 1 heterocycles. The second-order valence-electron chi connectivity index (χ2n) is 7.58. The van der Waals surface area contributed by atoms with E-state index in [9.17, 15) is 0 Å². The van der Waals surface area contributed by atoms with Gasteiger partial charge in [-0.3, -0.25) is 0 Å². The van der Waals surface area contributed by atoms with Gasteiger partial charge in [-0.05, 0) is 50.9 Å². The van der Waals surface area contributed by atoms with Crippen LogP contribution in [0.3, 0.4) is 0 Å². The number of hydrogen-bond acceptors (Lipinski definition) is 3. The Hall–Kier alpha value is 0.270. The van der Waals surface area contributed by atoms with Gasteiger partial charge in [0.25, 0.3) is 0 Å². The van der Waals surface area contributed by atoms with E-state index in [1.807, 2.05) is 0 Å². The maximum Gasteiger partial charge on any atom is 0.0231 e. The second kappa shape index (κ2) is 6.36. The summed E-state index contributed by atoms with van der Waals surface area (Å²) >= 11 is 2.12. The molecule has 2 N–H and O–H groups in total. The monoisotopic (exact) mass is 284 g/mol. The molecule has 1 saturated carbocycles. The molecule has 0 aromatic heterocycles. The highest BCUT2D eigenvalue weighted by Gasteiger charge is 2.33. The Morgan fingerprint density at radius 3 is 2.68 bits per heavy atom. The lowest BCUT2D eigenvalue weighted by Crippen LogP contribution is -2.49. The van der Waals surface area contributed by atoms with E-state index in [1.165, 1.54) is 44.6 Å². The average Bonchev–Trinajstić information content (AvgIpc) is 2.30.